The predicted octanol–water partition coefficient (Wildman–Crippen LogP) is 1.90. The minimum absolute atomic E-state index is 0.00203. The van der Waals surface area contributed by atoms with Gasteiger partial charge in [-0.1, -0.05) is 6.92 Å². The predicted molar refractivity (Wildman–Crippen MR) is 112 cm³/mol. The summed E-state index contributed by atoms with van der Waals surface area (Å²) in [6, 6.07) is 5.07. The first kappa shape index (κ1) is 21.5. The molecule has 0 bridgehead atoms. The fraction of sp³-hybridized carbons (Fsp3) is 0.700. The van der Waals surface area contributed by atoms with Crippen LogP contribution in [0.3, 0.4) is 0 Å². The molecule has 0 aliphatic carbocycles. The van der Waals surface area contributed by atoms with E-state index in [9.17, 15) is 12.8 Å². The van der Waals surface area contributed by atoms with Gasteiger partial charge in [-0.2, -0.15) is 0 Å². The second-order valence-electron chi connectivity index (χ2n) is 8.03. The van der Waals surface area contributed by atoms with Crippen LogP contribution in [0.25, 0.3) is 0 Å². The molecule has 6 nitrogen and oxygen atoms in total. The lowest BCUT2D eigenvalue weighted by Gasteiger charge is -2.37. The molecule has 28 heavy (non-hydrogen) atoms. The quantitative estimate of drug-likeness (QED) is 0.741. The van der Waals surface area contributed by atoms with Gasteiger partial charge in [-0.25, -0.2) is 17.1 Å². The van der Waals surface area contributed by atoms with Crippen LogP contribution in [0.5, 0.6) is 0 Å². The lowest BCUT2D eigenvalue weighted by atomic mass is 10.0. The first-order valence-electron chi connectivity index (χ1n) is 10.2. The van der Waals surface area contributed by atoms with Crippen molar-refractivity contribution < 1.29 is 12.8 Å². The van der Waals surface area contributed by atoms with Crippen LogP contribution < -0.4 is 10.2 Å². The molecule has 8 heteroatoms. The van der Waals surface area contributed by atoms with Crippen molar-refractivity contribution in [2.24, 2.45) is 5.92 Å². The molecule has 0 saturated carbocycles. The lowest BCUT2D eigenvalue weighted by Crippen LogP contribution is -2.46. The van der Waals surface area contributed by atoms with Gasteiger partial charge in [0.2, 0.25) is 10.0 Å². The molecule has 2 unspecified atom stereocenters. The molecule has 0 spiro atoms. The van der Waals surface area contributed by atoms with Crippen molar-refractivity contribution in [3.05, 3.63) is 29.6 Å². The molecule has 2 fully saturated rings. The number of anilines is 1. The Bertz CT molecular complexity index is 765. The maximum Gasteiger partial charge on any atom is 0.211 e. The van der Waals surface area contributed by atoms with E-state index >= 15 is 0 Å². The molecule has 2 aliphatic heterocycles. The van der Waals surface area contributed by atoms with Gasteiger partial charge < -0.3 is 15.1 Å². The molecule has 3 rings (SSSR count). The number of likely N-dealkylation sites (N-methyl/N-ethyl adjacent to an activating group) is 1. The minimum Gasteiger partial charge on any atom is -0.369 e. The van der Waals surface area contributed by atoms with Crippen LogP contribution in [0.2, 0.25) is 0 Å². The molecule has 2 atom stereocenters. The number of piperazine rings is 1. The fourth-order valence-electron chi connectivity index (χ4n) is 4.18. The molecule has 2 saturated heterocycles. The van der Waals surface area contributed by atoms with Gasteiger partial charge in [0.15, 0.2) is 0 Å². The molecule has 1 aromatic rings. The van der Waals surface area contributed by atoms with Gasteiger partial charge in [0.05, 0.1) is 6.26 Å². The summed E-state index contributed by atoms with van der Waals surface area (Å²) in [5.74, 6) is 0.0750. The zero-order chi connectivity index (χ0) is 20.3. The molecule has 1 N–H and O–H groups in total. The number of nitrogens with zero attached hydrogens (tertiary/aromatic N) is 3. The highest BCUT2D eigenvalue weighted by Crippen LogP contribution is 2.29. The van der Waals surface area contributed by atoms with E-state index in [1.54, 1.807) is 16.4 Å². The summed E-state index contributed by atoms with van der Waals surface area (Å²) in [6.45, 7) is 11.1. The van der Waals surface area contributed by atoms with Gasteiger partial charge in [0, 0.05) is 51.0 Å². The number of sulfonamides is 1. The summed E-state index contributed by atoms with van der Waals surface area (Å²) in [4.78, 5) is 4.77. The van der Waals surface area contributed by atoms with Gasteiger partial charge in [0.1, 0.15) is 5.82 Å². The normalized spacial score (nSPS) is 23.3. The highest BCUT2D eigenvalue weighted by Gasteiger charge is 2.29. The Kier molecular flexibility index (Phi) is 6.96. The van der Waals surface area contributed by atoms with Crippen molar-refractivity contribution in [2.75, 3.05) is 63.5 Å². The zero-order valence-electron chi connectivity index (χ0n) is 17.2. The largest absolute Gasteiger partial charge is 0.369 e. The minimum atomic E-state index is -3.11. The first-order chi connectivity index (χ1) is 13.3. The Morgan fingerprint density at radius 3 is 2.54 bits per heavy atom. The van der Waals surface area contributed by atoms with Crippen molar-refractivity contribution in [3.8, 4) is 0 Å². The Hall–Kier alpha value is -1.22. The van der Waals surface area contributed by atoms with E-state index in [1.807, 2.05) is 6.07 Å². The number of benzene rings is 1. The zero-order valence-corrected chi connectivity index (χ0v) is 18.0. The Morgan fingerprint density at radius 1 is 1.21 bits per heavy atom. The van der Waals surface area contributed by atoms with Gasteiger partial charge in [-0.15, -0.1) is 0 Å². The molecular weight excluding hydrogens is 379 g/mol. The monoisotopic (exact) mass is 412 g/mol. The topological polar surface area (TPSA) is 55.9 Å². The van der Waals surface area contributed by atoms with Crippen molar-refractivity contribution >= 4 is 15.7 Å². The maximum absolute atomic E-state index is 14.0. The third-order valence-electron chi connectivity index (χ3n) is 6.05. The number of halogens is 1. The number of nitrogens with one attached hydrogen (secondary N) is 1. The van der Waals surface area contributed by atoms with Gasteiger partial charge in [-0.05, 0) is 56.1 Å². The van der Waals surface area contributed by atoms with Crippen LogP contribution in [0, 0.1) is 11.7 Å². The third kappa shape index (κ3) is 5.23. The van der Waals surface area contributed by atoms with E-state index < -0.39 is 10.0 Å². The van der Waals surface area contributed by atoms with Crippen LogP contribution in [-0.2, 0) is 10.0 Å². The van der Waals surface area contributed by atoms with Crippen LogP contribution in [0.4, 0.5) is 10.1 Å². The van der Waals surface area contributed by atoms with Crippen LogP contribution in [0.15, 0.2) is 18.2 Å². The molecule has 158 valence electrons. The number of hydrogen-bond donors (Lipinski definition) is 1. The molecule has 0 amide bonds. The standard InChI is InChI=1S/C20H33FN4O2S/c1-4-23-9-11-24(12-10-23)20-6-5-18(21)13-19(20)16(2)22-14-17-7-8-25(15-17)28(3,26)27/h5-6,13,16-17,22H,4,7-12,14-15H2,1-3H3. The van der Waals surface area contributed by atoms with E-state index in [0.29, 0.717) is 19.0 Å². The molecule has 0 aromatic heterocycles. The average molecular weight is 413 g/mol. The summed E-state index contributed by atoms with van der Waals surface area (Å²) in [7, 11) is -3.11. The Balaban J connectivity index is 1.63. The van der Waals surface area contributed by atoms with Gasteiger partial charge in [-0.3, -0.25) is 0 Å². The van der Waals surface area contributed by atoms with E-state index in [-0.39, 0.29) is 11.9 Å². The van der Waals surface area contributed by atoms with Crippen molar-refractivity contribution in [1.82, 2.24) is 14.5 Å². The van der Waals surface area contributed by atoms with Crippen molar-refractivity contribution in [2.45, 2.75) is 26.3 Å². The van der Waals surface area contributed by atoms with Gasteiger partial charge in [0.25, 0.3) is 0 Å². The molecule has 0 radical (unpaired) electrons. The highest BCUT2D eigenvalue weighted by atomic mass is 32.2. The van der Waals surface area contributed by atoms with Crippen LogP contribution in [-0.4, -0.2) is 76.2 Å². The highest BCUT2D eigenvalue weighted by molar-refractivity contribution is 7.88. The second kappa shape index (κ2) is 9.07. The lowest BCUT2D eigenvalue weighted by molar-refractivity contribution is 0.271. The molecule has 2 heterocycles. The molecular formula is C20H33FN4O2S. The maximum atomic E-state index is 14.0. The third-order valence-corrected chi connectivity index (χ3v) is 7.32. The summed E-state index contributed by atoms with van der Waals surface area (Å²) >= 11 is 0. The Morgan fingerprint density at radius 2 is 1.93 bits per heavy atom. The van der Waals surface area contributed by atoms with E-state index in [4.69, 9.17) is 0 Å². The smallest absolute Gasteiger partial charge is 0.211 e. The number of hydrogen-bond acceptors (Lipinski definition) is 5. The number of rotatable bonds is 7. The SMILES string of the molecule is CCN1CCN(c2ccc(F)cc2C(C)NCC2CCN(S(C)(=O)=O)C2)CC1. The fourth-order valence-corrected chi connectivity index (χ4v) is 5.10. The van der Waals surface area contributed by atoms with Crippen LogP contribution in [0.1, 0.15) is 31.9 Å². The summed E-state index contributed by atoms with van der Waals surface area (Å²) in [6.07, 6.45) is 2.13. The first-order valence-corrected chi connectivity index (χ1v) is 12.1. The Labute approximate surface area is 168 Å². The van der Waals surface area contributed by atoms with E-state index in [1.165, 1.54) is 6.26 Å². The van der Waals surface area contributed by atoms with Gasteiger partial charge >= 0.3 is 0 Å². The van der Waals surface area contributed by atoms with Crippen LogP contribution >= 0.6 is 0 Å². The molecule has 1 aromatic carbocycles. The van der Waals surface area contributed by atoms with E-state index in [0.717, 1.165) is 56.9 Å². The summed E-state index contributed by atoms with van der Waals surface area (Å²) in [5, 5.41) is 3.51. The molecule has 2 aliphatic rings. The summed E-state index contributed by atoms with van der Waals surface area (Å²) < 4.78 is 38.9. The summed E-state index contributed by atoms with van der Waals surface area (Å²) in [5.41, 5.74) is 2.07. The van der Waals surface area contributed by atoms with Crippen molar-refractivity contribution in [3.63, 3.8) is 0 Å². The van der Waals surface area contributed by atoms with Crippen molar-refractivity contribution in [1.29, 1.82) is 0 Å². The average Bonchev–Trinajstić information content (AvgIpc) is 3.16. The van der Waals surface area contributed by atoms with E-state index in [2.05, 4.69) is 29.0 Å². The second-order valence-corrected chi connectivity index (χ2v) is 10.0.